The Hall–Kier alpha value is -3.04. The number of rotatable bonds is 5. The number of nitrogens with zero attached hydrogens (tertiary/aromatic N) is 3. The Labute approximate surface area is 141 Å². The molecule has 0 aliphatic rings. The maximum Gasteiger partial charge on any atom is 0.573 e. The molecule has 0 aliphatic carbocycles. The molecule has 2 aromatic rings. The van der Waals surface area contributed by atoms with E-state index in [0.717, 1.165) is 12.1 Å². The molecule has 1 heterocycles. The molecule has 0 bridgehead atoms. The smallest absolute Gasteiger partial charge is 0.467 e. The topological polar surface area (TPSA) is 76.6 Å². The Balaban J connectivity index is 2.17. The summed E-state index contributed by atoms with van der Waals surface area (Å²) < 4.78 is 45.1. The number of amides is 1. The van der Waals surface area contributed by atoms with Crippen molar-refractivity contribution in [3.8, 4) is 11.8 Å². The van der Waals surface area contributed by atoms with Crippen LogP contribution in [0.2, 0.25) is 0 Å². The SMILES string of the molecule is COc1ncc(NC(=O)c2ccc(OC(F)(F)F)cc2)c(N(C)C)n1. The second-order valence-electron chi connectivity index (χ2n) is 5.01. The molecular weight excluding hydrogens is 341 g/mol. The number of carbonyl (C=O) groups is 1. The molecule has 0 aliphatic heterocycles. The number of aromatic nitrogens is 2. The Morgan fingerprint density at radius 3 is 2.36 bits per heavy atom. The summed E-state index contributed by atoms with van der Waals surface area (Å²) in [6, 6.07) is 4.68. The van der Waals surface area contributed by atoms with Crippen LogP contribution in [0.25, 0.3) is 0 Å². The Morgan fingerprint density at radius 1 is 1.20 bits per heavy atom. The first-order valence-electron chi connectivity index (χ1n) is 6.95. The average Bonchev–Trinajstić information content (AvgIpc) is 2.54. The monoisotopic (exact) mass is 356 g/mol. The van der Waals surface area contributed by atoms with E-state index in [0.29, 0.717) is 11.5 Å². The normalized spacial score (nSPS) is 11.0. The lowest BCUT2D eigenvalue weighted by Gasteiger charge is -2.17. The summed E-state index contributed by atoms with van der Waals surface area (Å²) in [5, 5.41) is 2.60. The number of alkyl halides is 3. The number of methoxy groups -OCH3 is 1. The van der Waals surface area contributed by atoms with Gasteiger partial charge in [-0.2, -0.15) is 4.98 Å². The first-order valence-corrected chi connectivity index (χ1v) is 6.95. The number of nitrogens with one attached hydrogen (secondary N) is 1. The van der Waals surface area contributed by atoms with Crippen LogP contribution in [0, 0.1) is 0 Å². The third kappa shape index (κ3) is 4.96. The number of hydrogen-bond acceptors (Lipinski definition) is 6. The molecule has 1 N–H and O–H groups in total. The molecule has 0 saturated carbocycles. The van der Waals surface area contributed by atoms with Crippen LogP contribution in [0.15, 0.2) is 30.5 Å². The van der Waals surface area contributed by atoms with Gasteiger partial charge in [-0.1, -0.05) is 0 Å². The van der Waals surface area contributed by atoms with E-state index in [4.69, 9.17) is 4.74 Å². The molecule has 0 saturated heterocycles. The summed E-state index contributed by atoms with van der Waals surface area (Å²) in [7, 11) is 4.86. The summed E-state index contributed by atoms with van der Waals surface area (Å²) in [4.78, 5) is 22.0. The number of benzene rings is 1. The summed E-state index contributed by atoms with van der Waals surface area (Å²) in [5.41, 5.74) is 0.474. The molecule has 1 aromatic heterocycles. The molecule has 0 radical (unpaired) electrons. The number of halogens is 3. The molecule has 0 fully saturated rings. The van der Waals surface area contributed by atoms with Crippen LogP contribution < -0.4 is 19.7 Å². The van der Waals surface area contributed by atoms with Gasteiger partial charge >= 0.3 is 12.4 Å². The van der Waals surface area contributed by atoms with Crippen molar-refractivity contribution in [3.63, 3.8) is 0 Å². The zero-order chi connectivity index (χ0) is 18.6. The fourth-order valence-corrected chi connectivity index (χ4v) is 1.89. The van der Waals surface area contributed by atoms with Crippen molar-refractivity contribution in [2.24, 2.45) is 0 Å². The Morgan fingerprint density at radius 2 is 1.84 bits per heavy atom. The van der Waals surface area contributed by atoms with Gasteiger partial charge in [-0.05, 0) is 24.3 Å². The van der Waals surface area contributed by atoms with E-state index in [-0.39, 0.29) is 11.6 Å². The van der Waals surface area contributed by atoms with Crippen molar-refractivity contribution >= 4 is 17.4 Å². The van der Waals surface area contributed by atoms with Crippen molar-refractivity contribution in [1.82, 2.24) is 9.97 Å². The van der Waals surface area contributed by atoms with E-state index in [1.54, 1.807) is 19.0 Å². The lowest BCUT2D eigenvalue weighted by Crippen LogP contribution is -2.19. The predicted octanol–water partition coefficient (Wildman–Crippen LogP) is 2.70. The van der Waals surface area contributed by atoms with Gasteiger partial charge in [0.05, 0.1) is 13.3 Å². The fourth-order valence-electron chi connectivity index (χ4n) is 1.89. The number of anilines is 2. The van der Waals surface area contributed by atoms with E-state index in [2.05, 4.69) is 20.0 Å². The van der Waals surface area contributed by atoms with Crippen LogP contribution in [0.5, 0.6) is 11.8 Å². The molecule has 2 rings (SSSR count). The number of ether oxygens (including phenoxy) is 2. The van der Waals surface area contributed by atoms with Crippen molar-refractivity contribution < 1.29 is 27.4 Å². The van der Waals surface area contributed by atoms with E-state index in [1.165, 1.54) is 25.4 Å². The van der Waals surface area contributed by atoms with Crippen molar-refractivity contribution in [1.29, 1.82) is 0 Å². The van der Waals surface area contributed by atoms with Gasteiger partial charge in [0.25, 0.3) is 5.91 Å². The highest BCUT2D eigenvalue weighted by Crippen LogP contribution is 2.25. The molecule has 25 heavy (non-hydrogen) atoms. The largest absolute Gasteiger partial charge is 0.573 e. The molecular formula is C15H15F3N4O3. The van der Waals surface area contributed by atoms with Gasteiger partial charge in [0.2, 0.25) is 0 Å². The zero-order valence-corrected chi connectivity index (χ0v) is 13.6. The standard InChI is InChI=1S/C15H15F3N4O3/c1-22(2)12-11(8-19-14(21-12)24-3)20-13(23)9-4-6-10(7-5-9)25-15(16,17)18/h4-8H,1-3H3,(H,20,23). The maximum atomic E-state index is 12.3. The van der Waals surface area contributed by atoms with E-state index in [1.807, 2.05) is 0 Å². The highest BCUT2D eigenvalue weighted by atomic mass is 19.4. The van der Waals surface area contributed by atoms with Crippen molar-refractivity contribution in [3.05, 3.63) is 36.0 Å². The highest BCUT2D eigenvalue weighted by Gasteiger charge is 2.31. The van der Waals surface area contributed by atoms with Crippen LogP contribution in [0.4, 0.5) is 24.7 Å². The zero-order valence-electron chi connectivity index (χ0n) is 13.6. The highest BCUT2D eigenvalue weighted by molar-refractivity contribution is 6.05. The van der Waals surface area contributed by atoms with Gasteiger partial charge < -0.3 is 19.7 Å². The minimum atomic E-state index is -4.79. The molecule has 134 valence electrons. The van der Waals surface area contributed by atoms with Gasteiger partial charge in [-0.25, -0.2) is 4.98 Å². The number of hydrogen-bond donors (Lipinski definition) is 1. The van der Waals surface area contributed by atoms with Gasteiger partial charge in [0.1, 0.15) is 11.4 Å². The molecule has 1 aromatic carbocycles. The van der Waals surface area contributed by atoms with Crippen LogP contribution >= 0.6 is 0 Å². The second-order valence-corrected chi connectivity index (χ2v) is 5.01. The van der Waals surface area contributed by atoms with Crippen LogP contribution in [0.1, 0.15) is 10.4 Å². The Kier molecular flexibility index (Phi) is 5.30. The third-order valence-corrected chi connectivity index (χ3v) is 2.95. The van der Waals surface area contributed by atoms with Crippen molar-refractivity contribution in [2.45, 2.75) is 6.36 Å². The average molecular weight is 356 g/mol. The maximum absolute atomic E-state index is 12.3. The predicted molar refractivity (Wildman–Crippen MR) is 84.0 cm³/mol. The Bertz CT molecular complexity index is 749. The first kappa shape index (κ1) is 18.3. The summed E-state index contributed by atoms with van der Waals surface area (Å²) >= 11 is 0. The molecule has 0 unspecified atom stereocenters. The lowest BCUT2D eigenvalue weighted by molar-refractivity contribution is -0.274. The first-order chi connectivity index (χ1) is 11.7. The minimum Gasteiger partial charge on any atom is -0.467 e. The van der Waals surface area contributed by atoms with E-state index < -0.39 is 18.0 Å². The quantitative estimate of drug-likeness (QED) is 0.888. The molecule has 0 atom stereocenters. The summed E-state index contributed by atoms with van der Waals surface area (Å²) in [6.07, 6.45) is -3.41. The van der Waals surface area contributed by atoms with Crippen LogP contribution in [-0.4, -0.2) is 43.4 Å². The lowest BCUT2D eigenvalue weighted by atomic mass is 10.2. The third-order valence-electron chi connectivity index (χ3n) is 2.95. The van der Waals surface area contributed by atoms with Crippen LogP contribution in [-0.2, 0) is 0 Å². The van der Waals surface area contributed by atoms with E-state index >= 15 is 0 Å². The molecule has 0 spiro atoms. The van der Waals surface area contributed by atoms with E-state index in [9.17, 15) is 18.0 Å². The second kappa shape index (κ2) is 7.24. The van der Waals surface area contributed by atoms with Gasteiger partial charge in [0.15, 0.2) is 5.82 Å². The van der Waals surface area contributed by atoms with Crippen LogP contribution in [0.3, 0.4) is 0 Å². The summed E-state index contributed by atoms with van der Waals surface area (Å²) in [6.45, 7) is 0. The molecule has 7 nitrogen and oxygen atoms in total. The molecule has 1 amide bonds. The fraction of sp³-hybridized carbons (Fsp3) is 0.267. The van der Waals surface area contributed by atoms with Crippen molar-refractivity contribution in [2.75, 3.05) is 31.4 Å². The van der Waals surface area contributed by atoms with Gasteiger partial charge in [-0.3, -0.25) is 4.79 Å². The van der Waals surface area contributed by atoms with Gasteiger partial charge in [0, 0.05) is 19.7 Å². The minimum absolute atomic E-state index is 0.135. The number of carbonyl (C=O) groups excluding carboxylic acids is 1. The molecule has 10 heteroatoms. The van der Waals surface area contributed by atoms with Gasteiger partial charge in [-0.15, -0.1) is 13.2 Å². The summed E-state index contributed by atoms with van der Waals surface area (Å²) in [5.74, 6) is -0.529.